The zero-order valence-electron chi connectivity index (χ0n) is 10.1. The summed E-state index contributed by atoms with van der Waals surface area (Å²) < 4.78 is 40.1. The van der Waals surface area contributed by atoms with Crippen molar-refractivity contribution >= 4 is 17.0 Å². The number of rotatable bonds is 2. The average molecular weight is 283 g/mol. The SMILES string of the molecule is Fc1cc(F)c(NC2CCCc3sccc32)c(F)c1. The number of hydrogen-bond acceptors (Lipinski definition) is 2. The molecule has 3 rings (SSSR count). The molecule has 0 amide bonds. The molecule has 1 atom stereocenters. The van der Waals surface area contributed by atoms with Gasteiger partial charge in [-0.2, -0.15) is 0 Å². The van der Waals surface area contributed by atoms with Gasteiger partial charge in [-0.05, 0) is 36.3 Å². The van der Waals surface area contributed by atoms with Crippen molar-refractivity contribution in [3.05, 3.63) is 51.5 Å². The molecule has 0 radical (unpaired) electrons. The molecule has 0 aliphatic heterocycles. The maximum Gasteiger partial charge on any atom is 0.152 e. The van der Waals surface area contributed by atoms with E-state index in [9.17, 15) is 13.2 Å². The maximum absolute atomic E-state index is 13.6. The molecule has 0 saturated heterocycles. The second-order valence-electron chi connectivity index (χ2n) is 4.63. The van der Waals surface area contributed by atoms with Crippen molar-refractivity contribution in [1.29, 1.82) is 0 Å². The lowest BCUT2D eigenvalue weighted by Gasteiger charge is -2.25. The first-order valence-corrected chi connectivity index (χ1v) is 7.00. The van der Waals surface area contributed by atoms with E-state index in [0.29, 0.717) is 12.1 Å². The fourth-order valence-corrected chi connectivity index (χ4v) is 3.48. The fraction of sp³-hybridized carbons (Fsp3) is 0.286. The summed E-state index contributed by atoms with van der Waals surface area (Å²) in [6.45, 7) is 0. The van der Waals surface area contributed by atoms with Crippen molar-refractivity contribution in [2.75, 3.05) is 5.32 Å². The molecule has 0 spiro atoms. The van der Waals surface area contributed by atoms with Crippen molar-refractivity contribution in [3.8, 4) is 0 Å². The van der Waals surface area contributed by atoms with Gasteiger partial charge in [-0.1, -0.05) is 0 Å². The molecule has 1 aromatic carbocycles. The van der Waals surface area contributed by atoms with Gasteiger partial charge >= 0.3 is 0 Å². The Morgan fingerprint density at radius 1 is 1.16 bits per heavy atom. The third kappa shape index (κ3) is 2.34. The Hall–Kier alpha value is -1.49. The van der Waals surface area contributed by atoms with Crippen LogP contribution in [0.25, 0.3) is 0 Å². The zero-order chi connectivity index (χ0) is 13.4. The molecule has 1 heterocycles. The molecule has 1 aromatic heterocycles. The van der Waals surface area contributed by atoms with Crippen molar-refractivity contribution in [1.82, 2.24) is 0 Å². The highest BCUT2D eigenvalue weighted by atomic mass is 32.1. The van der Waals surface area contributed by atoms with Crippen LogP contribution in [0, 0.1) is 17.5 Å². The molecule has 0 fully saturated rings. The third-order valence-corrected chi connectivity index (χ3v) is 4.37. The Labute approximate surface area is 113 Å². The average Bonchev–Trinajstić information content (AvgIpc) is 2.82. The number of aryl methyl sites for hydroxylation is 1. The lowest BCUT2D eigenvalue weighted by atomic mass is 9.94. The molecule has 1 N–H and O–H groups in total. The van der Waals surface area contributed by atoms with Crippen molar-refractivity contribution in [2.24, 2.45) is 0 Å². The fourth-order valence-electron chi connectivity index (χ4n) is 2.49. The predicted octanol–water partition coefficient (Wildman–Crippen LogP) is 4.65. The van der Waals surface area contributed by atoms with Crippen LogP contribution in [0.5, 0.6) is 0 Å². The summed E-state index contributed by atoms with van der Waals surface area (Å²) in [5, 5.41) is 4.87. The van der Waals surface area contributed by atoms with E-state index in [2.05, 4.69) is 5.32 Å². The van der Waals surface area contributed by atoms with E-state index >= 15 is 0 Å². The normalized spacial score (nSPS) is 18.2. The van der Waals surface area contributed by atoms with Crippen LogP contribution in [-0.4, -0.2) is 0 Å². The smallest absolute Gasteiger partial charge is 0.152 e. The molecule has 1 aliphatic carbocycles. The largest absolute Gasteiger partial charge is 0.373 e. The van der Waals surface area contributed by atoms with Gasteiger partial charge in [0.1, 0.15) is 11.5 Å². The summed E-state index contributed by atoms with van der Waals surface area (Å²) in [5.41, 5.74) is 0.852. The van der Waals surface area contributed by atoms with Gasteiger partial charge in [-0.15, -0.1) is 11.3 Å². The predicted molar refractivity (Wildman–Crippen MR) is 69.9 cm³/mol. The summed E-state index contributed by atoms with van der Waals surface area (Å²) in [5.74, 6) is -2.68. The highest BCUT2D eigenvalue weighted by Gasteiger charge is 2.23. The van der Waals surface area contributed by atoms with Gasteiger partial charge in [-0.3, -0.25) is 0 Å². The minimum absolute atomic E-state index is 0.107. The number of thiophene rings is 1. The Morgan fingerprint density at radius 3 is 2.63 bits per heavy atom. The van der Waals surface area contributed by atoms with Crippen LogP contribution in [0.2, 0.25) is 0 Å². The molecule has 19 heavy (non-hydrogen) atoms. The van der Waals surface area contributed by atoms with Gasteiger partial charge in [0, 0.05) is 17.0 Å². The van der Waals surface area contributed by atoms with Gasteiger partial charge in [0.25, 0.3) is 0 Å². The van der Waals surface area contributed by atoms with Gasteiger partial charge in [0.15, 0.2) is 11.6 Å². The van der Waals surface area contributed by atoms with E-state index < -0.39 is 17.5 Å². The molecule has 0 bridgehead atoms. The number of anilines is 1. The van der Waals surface area contributed by atoms with Crippen LogP contribution in [0.1, 0.15) is 29.3 Å². The molecule has 1 aliphatic rings. The standard InChI is InChI=1S/C14H12F3NS/c15-8-6-10(16)14(11(17)7-8)18-12-2-1-3-13-9(12)4-5-19-13/h4-7,12,18H,1-3H2. The summed E-state index contributed by atoms with van der Waals surface area (Å²) in [6.07, 6.45) is 2.81. The van der Waals surface area contributed by atoms with Gasteiger partial charge in [0.05, 0.1) is 6.04 Å². The molecule has 0 saturated carbocycles. The second kappa shape index (κ2) is 4.89. The lowest BCUT2D eigenvalue weighted by Crippen LogP contribution is -2.17. The summed E-state index contributed by atoms with van der Waals surface area (Å²) in [7, 11) is 0. The number of fused-ring (bicyclic) bond motifs is 1. The molecule has 100 valence electrons. The van der Waals surface area contributed by atoms with E-state index in [-0.39, 0.29) is 11.7 Å². The third-order valence-electron chi connectivity index (χ3n) is 3.38. The van der Waals surface area contributed by atoms with E-state index in [1.165, 1.54) is 4.88 Å². The Bertz CT molecular complexity index is 585. The number of hydrogen-bond donors (Lipinski definition) is 1. The monoisotopic (exact) mass is 283 g/mol. The highest BCUT2D eigenvalue weighted by Crippen LogP contribution is 2.36. The minimum Gasteiger partial charge on any atom is -0.373 e. The highest BCUT2D eigenvalue weighted by molar-refractivity contribution is 7.10. The number of nitrogens with one attached hydrogen (secondary N) is 1. The van der Waals surface area contributed by atoms with Gasteiger partial charge < -0.3 is 5.32 Å². The van der Waals surface area contributed by atoms with E-state index in [0.717, 1.165) is 24.8 Å². The topological polar surface area (TPSA) is 12.0 Å². The zero-order valence-corrected chi connectivity index (χ0v) is 10.9. The summed E-state index contributed by atoms with van der Waals surface area (Å²) in [6, 6.07) is 3.27. The maximum atomic E-state index is 13.6. The first-order valence-electron chi connectivity index (χ1n) is 6.12. The molecule has 1 nitrogen and oxygen atoms in total. The van der Waals surface area contributed by atoms with E-state index in [1.807, 2.05) is 11.4 Å². The van der Waals surface area contributed by atoms with Crippen molar-refractivity contribution < 1.29 is 13.2 Å². The first kappa shape index (κ1) is 12.5. The Balaban J connectivity index is 1.92. The molecule has 1 unspecified atom stereocenters. The molecular formula is C14H12F3NS. The Kier molecular flexibility index (Phi) is 3.22. The summed E-state index contributed by atoms with van der Waals surface area (Å²) in [4.78, 5) is 1.26. The van der Waals surface area contributed by atoms with Crippen molar-refractivity contribution in [3.63, 3.8) is 0 Å². The van der Waals surface area contributed by atoms with E-state index in [4.69, 9.17) is 0 Å². The quantitative estimate of drug-likeness (QED) is 0.845. The minimum atomic E-state index is -0.902. The summed E-state index contributed by atoms with van der Waals surface area (Å²) >= 11 is 1.66. The molecule has 2 aromatic rings. The van der Waals surface area contributed by atoms with Crippen LogP contribution < -0.4 is 5.32 Å². The molecule has 5 heteroatoms. The van der Waals surface area contributed by atoms with Crippen LogP contribution >= 0.6 is 11.3 Å². The van der Waals surface area contributed by atoms with E-state index in [1.54, 1.807) is 11.3 Å². The van der Waals surface area contributed by atoms with Crippen LogP contribution in [0.3, 0.4) is 0 Å². The second-order valence-corrected chi connectivity index (χ2v) is 5.63. The van der Waals surface area contributed by atoms with Gasteiger partial charge in [0.2, 0.25) is 0 Å². The number of benzene rings is 1. The number of halogens is 3. The van der Waals surface area contributed by atoms with Crippen LogP contribution in [-0.2, 0) is 6.42 Å². The van der Waals surface area contributed by atoms with Gasteiger partial charge in [-0.25, -0.2) is 13.2 Å². The molecular weight excluding hydrogens is 271 g/mol. The van der Waals surface area contributed by atoms with Crippen LogP contribution in [0.4, 0.5) is 18.9 Å². The Morgan fingerprint density at radius 2 is 1.89 bits per heavy atom. The van der Waals surface area contributed by atoms with Crippen LogP contribution in [0.15, 0.2) is 23.6 Å². The van der Waals surface area contributed by atoms with Crippen molar-refractivity contribution in [2.45, 2.75) is 25.3 Å². The first-order chi connectivity index (χ1) is 9.15. The lowest BCUT2D eigenvalue weighted by molar-refractivity contribution is 0.537.